The number of nitrogens with zero attached hydrogens (tertiary/aromatic N) is 2. The van der Waals surface area contributed by atoms with Crippen LogP contribution in [0.2, 0.25) is 0 Å². The Bertz CT molecular complexity index is 343. The number of methoxy groups -OCH3 is 1. The topological polar surface area (TPSA) is 81.2 Å². The Morgan fingerprint density at radius 3 is 3.00 bits per heavy atom. The van der Waals surface area contributed by atoms with E-state index < -0.39 is 11.3 Å². The summed E-state index contributed by atoms with van der Waals surface area (Å²) in [4.78, 5) is 22.6. The molecule has 1 amide bonds. The standard InChI is InChI=1S/C7H8ClN3O3S/c1-14-7(13)4(8)2-9-6(12)5-3-10-11-15-5/h3-4H,2H2,1H3,(H,9,12). The van der Waals surface area contributed by atoms with Crippen molar-refractivity contribution < 1.29 is 14.3 Å². The van der Waals surface area contributed by atoms with Gasteiger partial charge in [-0.2, -0.15) is 0 Å². The number of ether oxygens (including phenoxy) is 1. The summed E-state index contributed by atoms with van der Waals surface area (Å²) in [5.74, 6) is -0.945. The lowest BCUT2D eigenvalue weighted by molar-refractivity contribution is -0.140. The molecule has 8 heteroatoms. The van der Waals surface area contributed by atoms with Gasteiger partial charge in [0.1, 0.15) is 10.3 Å². The minimum atomic E-state index is -0.889. The van der Waals surface area contributed by atoms with Crippen molar-refractivity contribution in [1.29, 1.82) is 0 Å². The van der Waals surface area contributed by atoms with Gasteiger partial charge >= 0.3 is 5.97 Å². The largest absolute Gasteiger partial charge is 0.468 e. The molecule has 0 radical (unpaired) electrons. The average molecular weight is 250 g/mol. The van der Waals surface area contributed by atoms with Crippen molar-refractivity contribution in [2.75, 3.05) is 13.7 Å². The molecule has 0 aromatic carbocycles. The van der Waals surface area contributed by atoms with Crippen LogP contribution in [-0.4, -0.2) is 40.5 Å². The molecular formula is C7H8ClN3O3S. The zero-order valence-electron chi connectivity index (χ0n) is 7.77. The molecule has 1 rings (SSSR count). The lowest BCUT2D eigenvalue weighted by atomic mass is 10.4. The molecule has 0 saturated carbocycles. The Kier molecular flexibility index (Phi) is 4.44. The van der Waals surface area contributed by atoms with Crippen LogP contribution in [0.25, 0.3) is 0 Å². The summed E-state index contributed by atoms with van der Waals surface area (Å²) >= 11 is 6.58. The van der Waals surface area contributed by atoms with Crippen molar-refractivity contribution in [2.24, 2.45) is 0 Å². The summed E-state index contributed by atoms with van der Waals surface area (Å²) in [7, 11) is 1.23. The van der Waals surface area contributed by atoms with E-state index in [1.807, 2.05) is 0 Å². The number of carbonyl (C=O) groups is 2. The number of hydrogen-bond acceptors (Lipinski definition) is 6. The number of alkyl halides is 1. The molecule has 0 aliphatic rings. The van der Waals surface area contributed by atoms with Gasteiger partial charge in [-0.25, -0.2) is 0 Å². The molecule has 1 aromatic rings. The second kappa shape index (κ2) is 5.62. The lowest BCUT2D eigenvalue weighted by Gasteiger charge is -2.07. The van der Waals surface area contributed by atoms with Crippen molar-refractivity contribution in [3.63, 3.8) is 0 Å². The van der Waals surface area contributed by atoms with Crippen LogP contribution in [0, 0.1) is 0 Å². The first-order valence-corrected chi connectivity index (χ1v) is 5.13. The molecule has 6 nitrogen and oxygen atoms in total. The van der Waals surface area contributed by atoms with E-state index in [0.29, 0.717) is 4.88 Å². The minimum Gasteiger partial charge on any atom is -0.468 e. The maximum atomic E-state index is 11.3. The van der Waals surface area contributed by atoms with Gasteiger partial charge in [0.05, 0.1) is 13.3 Å². The summed E-state index contributed by atoms with van der Waals surface area (Å²) in [6, 6.07) is 0. The molecule has 0 spiro atoms. The molecule has 0 saturated heterocycles. The normalized spacial score (nSPS) is 11.9. The number of nitrogens with one attached hydrogen (secondary N) is 1. The van der Waals surface area contributed by atoms with Crippen molar-refractivity contribution in [3.05, 3.63) is 11.1 Å². The first-order valence-electron chi connectivity index (χ1n) is 3.92. The maximum absolute atomic E-state index is 11.3. The molecule has 1 heterocycles. The van der Waals surface area contributed by atoms with Crippen LogP contribution in [0.3, 0.4) is 0 Å². The van der Waals surface area contributed by atoms with Gasteiger partial charge in [0.25, 0.3) is 5.91 Å². The fourth-order valence-corrected chi connectivity index (χ4v) is 1.35. The number of carbonyl (C=O) groups excluding carboxylic acids is 2. The molecule has 1 atom stereocenters. The van der Waals surface area contributed by atoms with Gasteiger partial charge in [0.2, 0.25) is 0 Å². The Morgan fingerprint density at radius 1 is 1.73 bits per heavy atom. The van der Waals surface area contributed by atoms with Crippen molar-refractivity contribution in [3.8, 4) is 0 Å². The van der Waals surface area contributed by atoms with E-state index in [-0.39, 0.29) is 12.5 Å². The molecule has 1 N–H and O–H groups in total. The molecular weight excluding hydrogens is 242 g/mol. The third-order valence-electron chi connectivity index (χ3n) is 1.48. The highest BCUT2D eigenvalue weighted by Crippen LogP contribution is 2.02. The van der Waals surface area contributed by atoms with Gasteiger partial charge in [-0.15, -0.1) is 16.7 Å². The maximum Gasteiger partial charge on any atom is 0.325 e. The number of hydrogen-bond donors (Lipinski definition) is 1. The van der Waals surface area contributed by atoms with Crippen LogP contribution in [-0.2, 0) is 9.53 Å². The highest BCUT2D eigenvalue weighted by molar-refractivity contribution is 7.07. The minimum absolute atomic E-state index is 0.00492. The van der Waals surface area contributed by atoms with Crippen LogP contribution in [0.5, 0.6) is 0 Å². The first-order chi connectivity index (χ1) is 7.15. The highest BCUT2D eigenvalue weighted by Gasteiger charge is 2.17. The van der Waals surface area contributed by atoms with Crippen molar-refractivity contribution in [1.82, 2.24) is 14.9 Å². The lowest BCUT2D eigenvalue weighted by Crippen LogP contribution is -2.33. The zero-order valence-corrected chi connectivity index (χ0v) is 9.34. The second-order valence-electron chi connectivity index (χ2n) is 2.48. The first kappa shape index (κ1) is 11.9. The van der Waals surface area contributed by atoms with Crippen LogP contribution in [0.1, 0.15) is 9.67 Å². The number of aromatic nitrogens is 2. The zero-order chi connectivity index (χ0) is 11.3. The Hall–Kier alpha value is -1.21. The van der Waals surface area contributed by atoms with Crippen LogP contribution in [0.4, 0.5) is 0 Å². The number of rotatable bonds is 4. The van der Waals surface area contributed by atoms with Crippen LogP contribution in [0.15, 0.2) is 6.20 Å². The average Bonchev–Trinajstić information content (AvgIpc) is 2.77. The molecule has 1 aromatic heterocycles. The summed E-state index contributed by atoms with van der Waals surface area (Å²) in [6.07, 6.45) is 1.33. The summed E-state index contributed by atoms with van der Waals surface area (Å²) in [5, 5.41) is 5.07. The monoisotopic (exact) mass is 249 g/mol. The fourth-order valence-electron chi connectivity index (χ4n) is 0.748. The van der Waals surface area contributed by atoms with Crippen molar-refractivity contribution >= 4 is 35.0 Å². The van der Waals surface area contributed by atoms with E-state index in [2.05, 4.69) is 19.6 Å². The van der Waals surface area contributed by atoms with Crippen molar-refractivity contribution in [2.45, 2.75) is 5.38 Å². The quantitative estimate of drug-likeness (QED) is 0.602. The van der Waals surface area contributed by atoms with Gasteiger partial charge in [0.15, 0.2) is 0 Å². The molecule has 0 aliphatic carbocycles. The molecule has 15 heavy (non-hydrogen) atoms. The van der Waals surface area contributed by atoms with Crippen LogP contribution < -0.4 is 5.32 Å². The summed E-state index contributed by atoms with van der Waals surface area (Å²) in [6.45, 7) is 0.00492. The third-order valence-corrected chi connectivity index (χ3v) is 2.48. The van der Waals surface area contributed by atoms with Gasteiger partial charge in [-0.1, -0.05) is 4.49 Å². The highest BCUT2D eigenvalue weighted by atomic mass is 35.5. The Balaban J connectivity index is 2.38. The third kappa shape index (κ3) is 3.45. The van der Waals surface area contributed by atoms with E-state index in [0.717, 1.165) is 11.5 Å². The van der Waals surface area contributed by atoms with Crippen LogP contribution >= 0.6 is 23.1 Å². The number of esters is 1. The second-order valence-corrected chi connectivity index (χ2v) is 3.80. The smallest absolute Gasteiger partial charge is 0.325 e. The van der Waals surface area contributed by atoms with E-state index in [4.69, 9.17) is 11.6 Å². The predicted octanol–water partition coefficient (Wildman–Crippen LogP) is 0.0483. The molecule has 1 unspecified atom stereocenters. The van der Waals surface area contributed by atoms with E-state index in [9.17, 15) is 9.59 Å². The number of halogens is 1. The van der Waals surface area contributed by atoms with Gasteiger partial charge in [-0.05, 0) is 11.5 Å². The van der Waals surface area contributed by atoms with E-state index in [1.54, 1.807) is 0 Å². The SMILES string of the molecule is COC(=O)C(Cl)CNC(=O)c1cnns1. The number of amides is 1. The van der Waals surface area contributed by atoms with Gasteiger partial charge in [0, 0.05) is 6.54 Å². The fraction of sp³-hybridized carbons (Fsp3) is 0.429. The summed E-state index contributed by atoms with van der Waals surface area (Å²) < 4.78 is 7.92. The molecule has 0 bridgehead atoms. The molecule has 0 aliphatic heterocycles. The predicted molar refractivity (Wildman–Crippen MR) is 53.9 cm³/mol. The van der Waals surface area contributed by atoms with Gasteiger partial charge < -0.3 is 10.1 Å². The molecule has 0 fully saturated rings. The van der Waals surface area contributed by atoms with E-state index in [1.165, 1.54) is 13.3 Å². The summed E-state index contributed by atoms with van der Waals surface area (Å²) in [5.41, 5.74) is 0. The molecule has 82 valence electrons. The van der Waals surface area contributed by atoms with E-state index >= 15 is 0 Å². The van der Waals surface area contributed by atoms with Gasteiger partial charge in [-0.3, -0.25) is 9.59 Å². The Morgan fingerprint density at radius 2 is 2.47 bits per heavy atom. The Labute approximate surface area is 94.7 Å².